The largest absolute Gasteiger partial charge is 0.369 e. The number of aryl methyl sites for hydroxylation is 2. The smallest absolute Gasteiger partial charge is 0.0893 e. The molecule has 0 aromatic carbocycles. The first-order valence-corrected chi connectivity index (χ1v) is 5.65. The number of hydrogen-bond acceptors (Lipinski definition) is 3. The Hall–Kier alpha value is -1.74. The van der Waals surface area contributed by atoms with Gasteiger partial charge in [0.1, 0.15) is 0 Å². The molecule has 0 bridgehead atoms. The summed E-state index contributed by atoms with van der Waals surface area (Å²) in [4.78, 5) is 8.49. The maximum absolute atomic E-state index is 5.59. The molecule has 0 atom stereocenters. The van der Waals surface area contributed by atoms with Gasteiger partial charge in [-0.05, 0) is 49.2 Å². The first kappa shape index (κ1) is 11.7. The van der Waals surface area contributed by atoms with E-state index < -0.39 is 0 Å². The van der Waals surface area contributed by atoms with Crippen LogP contribution in [-0.4, -0.2) is 9.97 Å². The highest BCUT2D eigenvalue weighted by Gasteiger charge is 1.98. The Labute approximate surface area is 102 Å². The average Bonchev–Trinajstić information content (AvgIpc) is 2.29. The second-order valence-electron chi connectivity index (χ2n) is 4.14. The third kappa shape index (κ3) is 3.64. The lowest BCUT2D eigenvalue weighted by Crippen LogP contribution is -1.98. The highest BCUT2D eigenvalue weighted by Crippen LogP contribution is 2.05. The maximum atomic E-state index is 5.59. The van der Waals surface area contributed by atoms with Crippen molar-refractivity contribution in [3.8, 4) is 0 Å². The molecule has 88 valence electrons. The quantitative estimate of drug-likeness (QED) is 0.807. The number of nitrogens with zero attached hydrogens (tertiary/aromatic N) is 2. The van der Waals surface area contributed by atoms with E-state index in [2.05, 4.69) is 9.97 Å². The number of pyridine rings is 2. The fourth-order valence-corrected chi connectivity index (χ4v) is 1.62. The lowest BCUT2D eigenvalue weighted by atomic mass is 10.2. The molecule has 0 fully saturated rings. The lowest BCUT2D eigenvalue weighted by molar-refractivity contribution is 0.102. The van der Waals surface area contributed by atoms with Crippen molar-refractivity contribution in [2.24, 2.45) is 0 Å². The minimum Gasteiger partial charge on any atom is -0.369 e. The summed E-state index contributed by atoms with van der Waals surface area (Å²) in [6.07, 6.45) is 3.61. The molecule has 3 heteroatoms. The van der Waals surface area contributed by atoms with Crippen LogP contribution in [0.2, 0.25) is 0 Å². The molecule has 2 rings (SSSR count). The zero-order chi connectivity index (χ0) is 12.1. The lowest BCUT2D eigenvalue weighted by Gasteiger charge is -2.04. The number of aromatic nitrogens is 2. The van der Waals surface area contributed by atoms with E-state index in [0.29, 0.717) is 13.2 Å². The van der Waals surface area contributed by atoms with Gasteiger partial charge in [-0.1, -0.05) is 0 Å². The molecule has 0 N–H and O–H groups in total. The van der Waals surface area contributed by atoms with Gasteiger partial charge in [-0.15, -0.1) is 0 Å². The van der Waals surface area contributed by atoms with Crippen molar-refractivity contribution in [1.29, 1.82) is 0 Å². The monoisotopic (exact) mass is 228 g/mol. The summed E-state index contributed by atoms with van der Waals surface area (Å²) in [6, 6.07) is 8.02. The van der Waals surface area contributed by atoms with Gasteiger partial charge < -0.3 is 4.74 Å². The molecule has 2 aromatic heterocycles. The van der Waals surface area contributed by atoms with Crippen LogP contribution in [-0.2, 0) is 18.0 Å². The van der Waals surface area contributed by atoms with Crippen LogP contribution in [0.5, 0.6) is 0 Å². The van der Waals surface area contributed by atoms with Crippen LogP contribution in [0.1, 0.15) is 22.5 Å². The third-order valence-corrected chi connectivity index (χ3v) is 2.44. The van der Waals surface area contributed by atoms with Crippen LogP contribution in [0, 0.1) is 13.8 Å². The molecule has 3 nitrogen and oxygen atoms in total. The highest BCUT2D eigenvalue weighted by molar-refractivity contribution is 5.15. The Kier molecular flexibility index (Phi) is 3.83. The molecular formula is C14H16N2O. The van der Waals surface area contributed by atoms with Gasteiger partial charge in [-0.3, -0.25) is 9.97 Å². The molecule has 0 unspecified atom stereocenters. The Morgan fingerprint density at radius 2 is 1.35 bits per heavy atom. The average molecular weight is 228 g/mol. The van der Waals surface area contributed by atoms with Crippen LogP contribution in [0.15, 0.2) is 36.7 Å². The third-order valence-electron chi connectivity index (χ3n) is 2.44. The van der Waals surface area contributed by atoms with E-state index in [4.69, 9.17) is 4.74 Å². The van der Waals surface area contributed by atoms with Crippen molar-refractivity contribution in [1.82, 2.24) is 9.97 Å². The van der Waals surface area contributed by atoms with Gasteiger partial charge in [-0.2, -0.15) is 0 Å². The second-order valence-corrected chi connectivity index (χ2v) is 4.14. The van der Waals surface area contributed by atoms with Gasteiger partial charge in [0.2, 0.25) is 0 Å². The molecule has 0 amide bonds. The predicted molar refractivity (Wildman–Crippen MR) is 66.4 cm³/mol. The Balaban J connectivity index is 1.87. The van der Waals surface area contributed by atoms with E-state index in [1.165, 1.54) is 11.1 Å². The molecule has 0 radical (unpaired) electrons. The SMILES string of the molecule is Cc1ccnc(COCc2cc(C)ccn2)c1. The molecule has 0 aliphatic carbocycles. The molecule has 2 aromatic rings. The van der Waals surface area contributed by atoms with E-state index >= 15 is 0 Å². The molecule has 17 heavy (non-hydrogen) atoms. The molecular weight excluding hydrogens is 212 g/mol. The van der Waals surface area contributed by atoms with E-state index in [9.17, 15) is 0 Å². The number of rotatable bonds is 4. The van der Waals surface area contributed by atoms with Gasteiger partial charge in [0.05, 0.1) is 24.6 Å². The van der Waals surface area contributed by atoms with Crippen molar-refractivity contribution < 1.29 is 4.74 Å². The van der Waals surface area contributed by atoms with Crippen molar-refractivity contribution in [2.75, 3.05) is 0 Å². The van der Waals surface area contributed by atoms with E-state index in [0.717, 1.165) is 11.4 Å². The first-order chi connectivity index (χ1) is 8.24. The van der Waals surface area contributed by atoms with E-state index in [1.807, 2.05) is 38.1 Å². The summed E-state index contributed by atoms with van der Waals surface area (Å²) in [6.45, 7) is 5.15. The molecule has 0 saturated heterocycles. The predicted octanol–water partition coefficient (Wildman–Crippen LogP) is 2.81. The Morgan fingerprint density at radius 1 is 0.882 bits per heavy atom. The van der Waals surface area contributed by atoms with Gasteiger partial charge in [0.25, 0.3) is 0 Å². The van der Waals surface area contributed by atoms with Crippen LogP contribution in [0.3, 0.4) is 0 Å². The summed E-state index contributed by atoms with van der Waals surface area (Å²) < 4.78 is 5.59. The molecule has 0 aliphatic rings. The molecule has 0 spiro atoms. The number of hydrogen-bond donors (Lipinski definition) is 0. The highest BCUT2D eigenvalue weighted by atomic mass is 16.5. The van der Waals surface area contributed by atoms with Crippen molar-refractivity contribution in [2.45, 2.75) is 27.1 Å². The fourth-order valence-electron chi connectivity index (χ4n) is 1.62. The van der Waals surface area contributed by atoms with Crippen molar-refractivity contribution >= 4 is 0 Å². The van der Waals surface area contributed by atoms with Crippen LogP contribution >= 0.6 is 0 Å². The fraction of sp³-hybridized carbons (Fsp3) is 0.286. The minimum atomic E-state index is 0.525. The van der Waals surface area contributed by atoms with Crippen LogP contribution in [0.4, 0.5) is 0 Å². The van der Waals surface area contributed by atoms with Gasteiger partial charge in [-0.25, -0.2) is 0 Å². The Morgan fingerprint density at radius 3 is 1.76 bits per heavy atom. The zero-order valence-electron chi connectivity index (χ0n) is 10.2. The van der Waals surface area contributed by atoms with Gasteiger partial charge in [0, 0.05) is 12.4 Å². The van der Waals surface area contributed by atoms with Crippen molar-refractivity contribution in [3.05, 3.63) is 59.2 Å². The summed E-state index contributed by atoms with van der Waals surface area (Å²) in [5, 5.41) is 0. The summed E-state index contributed by atoms with van der Waals surface area (Å²) in [5.41, 5.74) is 4.31. The van der Waals surface area contributed by atoms with E-state index in [1.54, 1.807) is 12.4 Å². The normalized spacial score (nSPS) is 10.5. The van der Waals surface area contributed by atoms with Crippen molar-refractivity contribution in [3.63, 3.8) is 0 Å². The van der Waals surface area contributed by atoms with Gasteiger partial charge in [0.15, 0.2) is 0 Å². The van der Waals surface area contributed by atoms with Crippen LogP contribution < -0.4 is 0 Å². The van der Waals surface area contributed by atoms with E-state index in [-0.39, 0.29) is 0 Å². The second kappa shape index (κ2) is 5.55. The number of ether oxygens (including phenoxy) is 1. The topological polar surface area (TPSA) is 35.0 Å². The molecule has 0 aliphatic heterocycles. The zero-order valence-corrected chi connectivity index (χ0v) is 10.2. The van der Waals surface area contributed by atoms with Gasteiger partial charge >= 0.3 is 0 Å². The molecule has 2 heterocycles. The summed E-state index contributed by atoms with van der Waals surface area (Å²) in [5.74, 6) is 0. The van der Waals surface area contributed by atoms with Crippen LogP contribution in [0.25, 0.3) is 0 Å². The summed E-state index contributed by atoms with van der Waals surface area (Å²) >= 11 is 0. The molecule has 0 saturated carbocycles. The maximum Gasteiger partial charge on any atom is 0.0893 e. The Bertz CT molecular complexity index is 452. The summed E-state index contributed by atoms with van der Waals surface area (Å²) in [7, 11) is 0. The standard InChI is InChI=1S/C14H16N2O/c1-11-3-5-15-13(7-11)9-17-10-14-8-12(2)4-6-16-14/h3-8H,9-10H2,1-2H3. The first-order valence-electron chi connectivity index (χ1n) is 5.65. The minimum absolute atomic E-state index is 0.525.